The normalized spacial score (nSPS) is 17.0. The fourth-order valence-corrected chi connectivity index (χ4v) is 19.9. The number of carbonyl (C=O) groups excluding carboxylic acids is 1. The lowest BCUT2D eigenvalue weighted by atomic mass is 9.77. The summed E-state index contributed by atoms with van der Waals surface area (Å²) in [5.74, 6) is 2.55. The summed E-state index contributed by atoms with van der Waals surface area (Å²) in [5.41, 5.74) is 4.27. The molecule has 1 aliphatic carbocycles. The van der Waals surface area contributed by atoms with Gasteiger partial charge >= 0.3 is 14.5 Å². The van der Waals surface area contributed by atoms with Crippen molar-refractivity contribution in [3.63, 3.8) is 0 Å². The van der Waals surface area contributed by atoms with E-state index in [9.17, 15) is 4.79 Å². The van der Waals surface area contributed by atoms with Gasteiger partial charge in [0.25, 0.3) is 0 Å². The third-order valence-electron chi connectivity index (χ3n) is 9.52. The molecule has 0 aliphatic heterocycles. The number of benzene rings is 3. The second-order valence-electron chi connectivity index (χ2n) is 16.5. The van der Waals surface area contributed by atoms with Gasteiger partial charge < -0.3 is 17.7 Å². The van der Waals surface area contributed by atoms with Gasteiger partial charge in [0, 0.05) is 0 Å². The number of ether oxygens (including phenoxy) is 2. The quantitative estimate of drug-likeness (QED) is 0.0531. The summed E-state index contributed by atoms with van der Waals surface area (Å²) in [6.07, 6.45) is 14.0. The summed E-state index contributed by atoms with van der Waals surface area (Å²) >= 11 is 0. The number of hydrogen-bond acceptors (Lipinski definition) is 5. The molecule has 3 aromatic rings. The van der Waals surface area contributed by atoms with Gasteiger partial charge in [0.05, 0.1) is 12.2 Å². The molecular weight excluding hydrogens is 669 g/mol. The van der Waals surface area contributed by atoms with Crippen LogP contribution < -0.4 is 9.47 Å². The van der Waals surface area contributed by atoms with E-state index >= 15 is 0 Å². The Bertz CT molecular complexity index is 1420. The van der Waals surface area contributed by atoms with E-state index in [1.807, 2.05) is 36.4 Å². The molecule has 50 heavy (non-hydrogen) atoms. The maximum atomic E-state index is 12.9. The zero-order valence-electron chi connectivity index (χ0n) is 32.3. The van der Waals surface area contributed by atoms with Gasteiger partial charge in [-0.2, -0.15) is 0 Å². The molecule has 4 rings (SSSR count). The Labute approximate surface area is 307 Å². The van der Waals surface area contributed by atoms with Crippen molar-refractivity contribution in [1.29, 1.82) is 0 Å². The molecule has 3 aromatic carbocycles. The first kappa shape index (κ1) is 40.3. The van der Waals surface area contributed by atoms with Crippen molar-refractivity contribution in [3.05, 3.63) is 83.9 Å². The smallest absolute Gasteiger partial charge is 0.343 e. The standard InChI is InChI=1S/C42H64O5Si3/c1-9-10-12-15-34-16-18-35(19-17-34)36-20-22-37(23-21-36)38-24-30-41(31-25-38)45-42(43)39-26-28-40(29-27-39)44-32-13-11-14-33-50(8,46-48(2,3)4)47-49(5,6)7/h20-31,34-35H,9-19,32-33H2,1-8H3. The molecule has 0 saturated heterocycles. The highest BCUT2D eigenvalue weighted by Gasteiger charge is 2.39. The molecule has 0 bridgehead atoms. The molecule has 1 aliphatic rings. The van der Waals surface area contributed by atoms with Crippen LogP contribution in [0.25, 0.3) is 11.1 Å². The monoisotopic (exact) mass is 732 g/mol. The SMILES string of the molecule is CCCCCC1CCC(c2ccc(-c3ccc(OC(=O)c4ccc(OCCCCC[Si](C)(O[Si](C)(C)C)O[Si](C)(C)C)cc4)cc3)cc2)CC1. The van der Waals surface area contributed by atoms with Gasteiger partial charge in [0.15, 0.2) is 16.6 Å². The fraction of sp³-hybridized carbons (Fsp3) is 0.548. The molecule has 0 atom stereocenters. The van der Waals surface area contributed by atoms with Gasteiger partial charge in [-0.05, 0) is 149 Å². The minimum atomic E-state index is -2.18. The van der Waals surface area contributed by atoms with Gasteiger partial charge in [0.2, 0.25) is 0 Å². The average molecular weight is 733 g/mol. The van der Waals surface area contributed by atoms with Crippen LogP contribution in [0.3, 0.4) is 0 Å². The highest BCUT2D eigenvalue weighted by molar-refractivity contribution is 6.87. The van der Waals surface area contributed by atoms with E-state index < -0.39 is 25.2 Å². The van der Waals surface area contributed by atoms with Crippen LogP contribution in [-0.2, 0) is 8.23 Å². The van der Waals surface area contributed by atoms with Crippen LogP contribution in [0, 0.1) is 5.92 Å². The predicted octanol–water partition coefficient (Wildman–Crippen LogP) is 12.8. The summed E-state index contributed by atoms with van der Waals surface area (Å²) in [7, 11) is -5.53. The van der Waals surface area contributed by atoms with Gasteiger partial charge in [-0.25, -0.2) is 4.79 Å². The lowest BCUT2D eigenvalue weighted by Crippen LogP contribution is -2.52. The highest BCUT2D eigenvalue weighted by atomic mass is 28.5. The molecule has 0 aromatic heterocycles. The maximum Gasteiger partial charge on any atom is 0.343 e. The van der Waals surface area contributed by atoms with Gasteiger partial charge in [0.1, 0.15) is 11.5 Å². The van der Waals surface area contributed by atoms with Crippen molar-refractivity contribution >= 4 is 31.2 Å². The zero-order valence-corrected chi connectivity index (χ0v) is 35.3. The van der Waals surface area contributed by atoms with E-state index in [0.29, 0.717) is 23.8 Å². The first-order valence-electron chi connectivity index (χ1n) is 19.3. The Morgan fingerprint density at radius 1 is 0.640 bits per heavy atom. The van der Waals surface area contributed by atoms with Crippen molar-refractivity contribution in [3.8, 4) is 22.6 Å². The Kier molecular flexibility index (Phi) is 15.2. The van der Waals surface area contributed by atoms with Crippen LogP contribution in [0.4, 0.5) is 0 Å². The fourth-order valence-electron chi connectivity index (χ4n) is 7.32. The van der Waals surface area contributed by atoms with E-state index in [2.05, 4.69) is 77.0 Å². The molecule has 1 saturated carbocycles. The molecule has 0 unspecified atom stereocenters. The highest BCUT2D eigenvalue weighted by Crippen LogP contribution is 2.38. The Morgan fingerprint density at radius 3 is 1.76 bits per heavy atom. The summed E-state index contributed by atoms with van der Waals surface area (Å²) in [4.78, 5) is 12.9. The number of esters is 1. The Balaban J connectivity index is 1.18. The van der Waals surface area contributed by atoms with Gasteiger partial charge in [-0.1, -0.05) is 81.8 Å². The number of unbranched alkanes of at least 4 members (excludes halogenated alkanes) is 4. The Hall–Kier alpha value is -2.50. The molecule has 8 heteroatoms. The van der Waals surface area contributed by atoms with Crippen LogP contribution in [0.5, 0.6) is 11.5 Å². The van der Waals surface area contributed by atoms with E-state index in [4.69, 9.17) is 17.7 Å². The molecule has 5 nitrogen and oxygen atoms in total. The number of rotatable bonds is 19. The van der Waals surface area contributed by atoms with Crippen LogP contribution in [0.2, 0.25) is 51.9 Å². The van der Waals surface area contributed by atoms with E-state index in [1.54, 1.807) is 12.1 Å². The topological polar surface area (TPSA) is 54.0 Å². The van der Waals surface area contributed by atoms with Crippen LogP contribution in [0.15, 0.2) is 72.8 Å². The van der Waals surface area contributed by atoms with Gasteiger partial charge in [-0.15, -0.1) is 0 Å². The lowest BCUT2D eigenvalue weighted by molar-refractivity contribution is 0.0734. The summed E-state index contributed by atoms with van der Waals surface area (Å²) in [5, 5.41) is 0. The first-order chi connectivity index (χ1) is 23.7. The molecule has 0 spiro atoms. The third kappa shape index (κ3) is 13.9. The Morgan fingerprint density at radius 2 is 1.20 bits per heavy atom. The molecule has 0 heterocycles. The van der Waals surface area contributed by atoms with Crippen LogP contribution in [-0.4, -0.2) is 37.8 Å². The van der Waals surface area contributed by atoms with Crippen molar-refractivity contribution in [1.82, 2.24) is 0 Å². The maximum absolute atomic E-state index is 12.9. The number of carbonyl (C=O) groups is 1. The first-order valence-corrected chi connectivity index (χ1v) is 28.6. The number of hydrogen-bond donors (Lipinski definition) is 0. The lowest BCUT2D eigenvalue weighted by Gasteiger charge is -2.38. The molecule has 0 amide bonds. The average Bonchev–Trinajstić information content (AvgIpc) is 3.06. The second kappa shape index (κ2) is 18.8. The van der Waals surface area contributed by atoms with E-state index in [1.165, 1.54) is 62.5 Å². The largest absolute Gasteiger partial charge is 0.494 e. The molecule has 274 valence electrons. The molecule has 0 radical (unpaired) electrons. The van der Waals surface area contributed by atoms with Gasteiger partial charge in [-0.3, -0.25) is 0 Å². The van der Waals surface area contributed by atoms with E-state index in [0.717, 1.165) is 42.5 Å². The molecule has 1 fully saturated rings. The van der Waals surface area contributed by atoms with Crippen molar-refractivity contribution < 1.29 is 22.5 Å². The summed E-state index contributed by atoms with van der Waals surface area (Å²) in [6, 6.07) is 25.1. The van der Waals surface area contributed by atoms with E-state index in [-0.39, 0.29) is 5.97 Å². The minimum Gasteiger partial charge on any atom is -0.494 e. The zero-order chi connectivity index (χ0) is 36.2. The summed E-state index contributed by atoms with van der Waals surface area (Å²) in [6.45, 7) is 18.7. The molecular formula is C42H64O5Si3. The second-order valence-corrected chi connectivity index (χ2v) is 29.3. The third-order valence-corrected chi connectivity index (χ3v) is 19.1. The summed E-state index contributed by atoms with van der Waals surface area (Å²) < 4.78 is 24.9. The van der Waals surface area contributed by atoms with Crippen molar-refractivity contribution in [2.24, 2.45) is 5.92 Å². The molecule has 0 N–H and O–H groups in total. The van der Waals surface area contributed by atoms with Crippen molar-refractivity contribution in [2.75, 3.05) is 6.61 Å². The van der Waals surface area contributed by atoms with Crippen LogP contribution >= 0.6 is 0 Å². The predicted molar refractivity (Wildman–Crippen MR) is 217 cm³/mol. The minimum absolute atomic E-state index is 0.373. The van der Waals surface area contributed by atoms with Crippen LogP contribution in [0.1, 0.15) is 99.4 Å². The van der Waals surface area contributed by atoms with Crippen molar-refractivity contribution in [2.45, 2.75) is 135 Å².